The van der Waals surface area contributed by atoms with Crippen LogP contribution in [0, 0.1) is 0 Å². The number of hydrogen-bond donors (Lipinski definition) is 1. The maximum absolute atomic E-state index is 5.57. The summed E-state index contributed by atoms with van der Waals surface area (Å²) >= 11 is 0. The van der Waals surface area contributed by atoms with Crippen LogP contribution in [0.4, 0.5) is 0 Å². The van der Waals surface area contributed by atoms with E-state index in [2.05, 4.69) is 15.5 Å². The monoisotopic (exact) mass is 339 g/mol. The Morgan fingerprint density at radius 1 is 1.17 bits per heavy atom. The van der Waals surface area contributed by atoms with Crippen molar-refractivity contribution in [1.82, 2.24) is 15.5 Å². The third-order valence-corrected chi connectivity index (χ3v) is 4.21. The summed E-state index contributed by atoms with van der Waals surface area (Å²) in [6.45, 7) is 2.46. The molecule has 3 rings (SSSR count). The van der Waals surface area contributed by atoms with Gasteiger partial charge in [-0.15, -0.1) is 12.4 Å². The minimum Gasteiger partial charge on any atom is -0.497 e. The first-order chi connectivity index (χ1) is 10.8. The summed E-state index contributed by atoms with van der Waals surface area (Å²) in [5, 5.41) is 7.50. The molecule has 1 aromatic heterocycles. The van der Waals surface area contributed by atoms with E-state index in [9.17, 15) is 0 Å². The average molecular weight is 340 g/mol. The zero-order chi connectivity index (χ0) is 15.4. The van der Waals surface area contributed by atoms with Crippen molar-refractivity contribution in [2.45, 2.75) is 18.3 Å². The van der Waals surface area contributed by atoms with Crippen LogP contribution < -0.4 is 10.1 Å². The number of methoxy groups -OCH3 is 2. The molecule has 1 saturated heterocycles. The molecule has 0 saturated carbocycles. The molecule has 126 valence electrons. The van der Waals surface area contributed by atoms with Gasteiger partial charge in [-0.05, 0) is 50.2 Å². The molecule has 2 heterocycles. The van der Waals surface area contributed by atoms with E-state index in [-0.39, 0.29) is 17.8 Å². The van der Waals surface area contributed by atoms with Gasteiger partial charge in [0.15, 0.2) is 0 Å². The first kappa shape index (κ1) is 17.7. The van der Waals surface area contributed by atoms with E-state index in [1.54, 1.807) is 14.2 Å². The first-order valence-corrected chi connectivity index (χ1v) is 7.46. The molecule has 23 heavy (non-hydrogen) atoms. The van der Waals surface area contributed by atoms with Crippen molar-refractivity contribution >= 4 is 12.4 Å². The molecule has 1 aliphatic heterocycles. The fourth-order valence-electron chi connectivity index (χ4n) is 2.90. The predicted octanol–water partition coefficient (Wildman–Crippen LogP) is 2.43. The van der Waals surface area contributed by atoms with Crippen LogP contribution in [0.25, 0.3) is 11.4 Å². The second-order valence-electron chi connectivity index (χ2n) is 5.61. The highest BCUT2D eigenvalue weighted by molar-refractivity contribution is 5.85. The molecule has 0 atom stereocenters. The lowest BCUT2D eigenvalue weighted by Crippen LogP contribution is -2.43. The number of benzene rings is 1. The molecule has 0 amide bonds. The van der Waals surface area contributed by atoms with Crippen molar-refractivity contribution in [3.63, 3.8) is 0 Å². The van der Waals surface area contributed by atoms with Crippen LogP contribution in [0.15, 0.2) is 28.8 Å². The third kappa shape index (κ3) is 3.65. The number of halogens is 1. The van der Waals surface area contributed by atoms with Crippen molar-refractivity contribution in [2.24, 2.45) is 0 Å². The van der Waals surface area contributed by atoms with Crippen LogP contribution in [0.2, 0.25) is 0 Å². The highest BCUT2D eigenvalue weighted by Crippen LogP contribution is 2.34. The number of ether oxygens (including phenoxy) is 2. The number of nitrogens with one attached hydrogen (secondary N) is 1. The van der Waals surface area contributed by atoms with Gasteiger partial charge in [-0.3, -0.25) is 0 Å². The SMILES string of the molecule is COCC1(c2nc(-c3ccc(OC)cc3)no2)CCNCC1.Cl. The predicted molar refractivity (Wildman–Crippen MR) is 89.2 cm³/mol. The Hall–Kier alpha value is -1.63. The summed E-state index contributed by atoms with van der Waals surface area (Å²) in [6.07, 6.45) is 1.87. The summed E-state index contributed by atoms with van der Waals surface area (Å²) in [5.41, 5.74) is 0.731. The Morgan fingerprint density at radius 2 is 1.87 bits per heavy atom. The Bertz CT molecular complexity index is 604. The molecule has 0 radical (unpaired) electrons. The Morgan fingerprint density at radius 3 is 2.48 bits per heavy atom. The largest absolute Gasteiger partial charge is 0.497 e. The fourth-order valence-corrected chi connectivity index (χ4v) is 2.90. The molecule has 0 bridgehead atoms. The number of piperidine rings is 1. The summed E-state index contributed by atoms with van der Waals surface area (Å²) in [7, 11) is 3.36. The lowest BCUT2D eigenvalue weighted by molar-refractivity contribution is 0.0850. The minimum absolute atomic E-state index is 0. The maximum Gasteiger partial charge on any atom is 0.235 e. The molecule has 1 fully saturated rings. The molecule has 0 aliphatic carbocycles. The third-order valence-electron chi connectivity index (χ3n) is 4.21. The van der Waals surface area contributed by atoms with Gasteiger partial charge < -0.3 is 19.3 Å². The maximum atomic E-state index is 5.57. The summed E-state index contributed by atoms with van der Waals surface area (Å²) in [6, 6.07) is 7.64. The van der Waals surface area contributed by atoms with Gasteiger partial charge in [0.2, 0.25) is 11.7 Å². The number of rotatable bonds is 5. The highest BCUT2D eigenvalue weighted by Gasteiger charge is 2.39. The molecular formula is C16H22ClN3O3. The van der Waals surface area contributed by atoms with E-state index in [0.29, 0.717) is 18.3 Å². The molecule has 1 N–H and O–H groups in total. The molecule has 6 nitrogen and oxygen atoms in total. The van der Waals surface area contributed by atoms with Crippen molar-refractivity contribution in [3.05, 3.63) is 30.2 Å². The lowest BCUT2D eigenvalue weighted by atomic mass is 9.79. The first-order valence-electron chi connectivity index (χ1n) is 7.46. The second-order valence-corrected chi connectivity index (χ2v) is 5.61. The van der Waals surface area contributed by atoms with Crippen molar-refractivity contribution < 1.29 is 14.0 Å². The summed E-state index contributed by atoms with van der Waals surface area (Å²) in [4.78, 5) is 4.62. The fraction of sp³-hybridized carbons (Fsp3) is 0.500. The lowest BCUT2D eigenvalue weighted by Gasteiger charge is -2.33. The van der Waals surface area contributed by atoms with Crippen LogP contribution in [0.3, 0.4) is 0 Å². The van der Waals surface area contributed by atoms with Crippen molar-refractivity contribution in [2.75, 3.05) is 33.9 Å². The van der Waals surface area contributed by atoms with Crippen molar-refractivity contribution in [3.8, 4) is 17.1 Å². The average Bonchev–Trinajstić information content (AvgIpc) is 3.07. The van der Waals surface area contributed by atoms with Crippen LogP contribution in [0.1, 0.15) is 18.7 Å². The van der Waals surface area contributed by atoms with Crippen LogP contribution in [-0.2, 0) is 10.2 Å². The Labute approximate surface area is 142 Å². The van der Waals surface area contributed by atoms with Gasteiger partial charge in [-0.25, -0.2) is 0 Å². The Kier molecular flexibility index (Phi) is 5.98. The van der Waals surface area contributed by atoms with Gasteiger partial charge in [0.05, 0.1) is 19.1 Å². The van der Waals surface area contributed by atoms with Crippen LogP contribution >= 0.6 is 12.4 Å². The molecular weight excluding hydrogens is 318 g/mol. The van der Waals surface area contributed by atoms with E-state index in [1.807, 2.05) is 24.3 Å². The molecule has 0 spiro atoms. The van der Waals surface area contributed by atoms with E-state index >= 15 is 0 Å². The normalized spacial score (nSPS) is 16.6. The summed E-state index contributed by atoms with van der Waals surface area (Å²) < 4.78 is 16.1. The quantitative estimate of drug-likeness (QED) is 0.902. The summed E-state index contributed by atoms with van der Waals surface area (Å²) in [5.74, 6) is 2.08. The van der Waals surface area contributed by atoms with Gasteiger partial charge in [0.25, 0.3) is 0 Å². The van der Waals surface area contributed by atoms with Gasteiger partial charge in [0, 0.05) is 12.7 Å². The number of aromatic nitrogens is 2. The molecule has 2 aromatic rings. The van der Waals surface area contributed by atoms with E-state index < -0.39 is 0 Å². The molecule has 0 unspecified atom stereocenters. The van der Waals surface area contributed by atoms with Gasteiger partial charge in [0.1, 0.15) is 5.75 Å². The molecule has 1 aromatic carbocycles. The van der Waals surface area contributed by atoms with Crippen LogP contribution in [-0.4, -0.2) is 44.1 Å². The van der Waals surface area contributed by atoms with Gasteiger partial charge in [-0.2, -0.15) is 4.98 Å². The van der Waals surface area contributed by atoms with E-state index in [0.717, 1.165) is 37.2 Å². The molecule has 1 aliphatic rings. The minimum atomic E-state index is -0.183. The van der Waals surface area contributed by atoms with Crippen LogP contribution in [0.5, 0.6) is 5.75 Å². The number of hydrogen-bond acceptors (Lipinski definition) is 6. The highest BCUT2D eigenvalue weighted by atomic mass is 35.5. The molecule has 7 heteroatoms. The van der Waals surface area contributed by atoms with E-state index in [4.69, 9.17) is 14.0 Å². The zero-order valence-electron chi connectivity index (χ0n) is 13.4. The van der Waals surface area contributed by atoms with Gasteiger partial charge >= 0.3 is 0 Å². The van der Waals surface area contributed by atoms with Gasteiger partial charge in [-0.1, -0.05) is 5.16 Å². The second kappa shape index (κ2) is 7.77. The zero-order valence-corrected chi connectivity index (χ0v) is 14.2. The smallest absolute Gasteiger partial charge is 0.235 e. The topological polar surface area (TPSA) is 69.4 Å². The number of nitrogens with zero attached hydrogens (tertiary/aromatic N) is 2. The van der Waals surface area contributed by atoms with Crippen molar-refractivity contribution in [1.29, 1.82) is 0 Å². The standard InChI is InChI=1S/C16H21N3O3.ClH/c1-20-11-16(7-9-17-10-8-16)15-18-14(19-22-15)12-3-5-13(21-2)6-4-12;/h3-6,17H,7-11H2,1-2H3;1H. The Balaban J connectivity index is 0.00000192. The van der Waals surface area contributed by atoms with E-state index in [1.165, 1.54) is 0 Å².